The third-order valence-electron chi connectivity index (χ3n) is 8.37. The fourth-order valence-electron chi connectivity index (χ4n) is 6.10. The molecule has 0 radical (unpaired) electrons. The van der Waals surface area contributed by atoms with Gasteiger partial charge in [0.05, 0.1) is 27.8 Å². The zero-order valence-electron chi connectivity index (χ0n) is 29.4. The second-order valence-electron chi connectivity index (χ2n) is 13.0. The van der Waals surface area contributed by atoms with Crippen LogP contribution in [0, 0.1) is 19.7 Å². The molecular formula is C37H43ClFLiN4O5S-2. The number of hydrogen-bond donors (Lipinski definition) is 3. The van der Waals surface area contributed by atoms with Gasteiger partial charge in [-0.3, -0.25) is 4.72 Å². The number of halogens is 2. The van der Waals surface area contributed by atoms with E-state index in [9.17, 15) is 18.3 Å². The maximum absolute atomic E-state index is 15.4. The van der Waals surface area contributed by atoms with Gasteiger partial charge >= 0.3 is 18.9 Å². The van der Waals surface area contributed by atoms with Crippen LogP contribution in [0.5, 0.6) is 0 Å². The van der Waals surface area contributed by atoms with Gasteiger partial charge in [0.1, 0.15) is 5.82 Å². The number of aliphatic hydroxyl groups is 1. The molecule has 9 nitrogen and oxygen atoms in total. The molecular weight excluding hydrogens is 674 g/mol. The number of fused-ring (bicyclic) bond motifs is 2. The van der Waals surface area contributed by atoms with Gasteiger partial charge in [-0.25, -0.2) is 22.8 Å². The van der Waals surface area contributed by atoms with Gasteiger partial charge in [-0.05, 0) is 98.7 Å². The predicted molar refractivity (Wildman–Crippen MR) is 193 cm³/mol. The van der Waals surface area contributed by atoms with Gasteiger partial charge in [0, 0.05) is 28.2 Å². The van der Waals surface area contributed by atoms with E-state index in [1.807, 2.05) is 19.1 Å². The smallest absolute Gasteiger partial charge is 0.649 e. The molecule has 1 heterocycles. The Hall–Kier alpha value is -3.20. The molecule has 1 saturated carbocycles. The molecule has 3 N–H and O–H groups in total. The molecule has 3 aromatic carbocycles. The molecule has 0 amide bonds. The molecule has 0 aliphatic heterocycles. The van der Waals surface area contributed by atoms with Crippen LogP contribution >= 0.6 is 11.6 Å². The van der Waals surface area contributed by atoms with Crippen molar-refractivity contribution in [3.05, 3.63) is 90.0 Å². The number of carbonyl (C=O) groups excluding carboxylic acids is 1. The maximum Gasteiger partial charge on any atom is 1.00 e. The Morgan fingerprint density at radius 1 is 1.12 bits per heavy atom. The van der Waals surface area contributed by atoms with Crippen LogP contribution in [0.3, 0.4) is 0 Å². The minimum atomic E-state index is -4.08. The van der Waals surface area contributed by atoms with Crippen LogP contribution in [0.1, 0.15) is 82.6 Å². The standard InChI is InChI=1S/C31H31ClFN4O3S.C5H9O2.CH3.Li/c1-2-22-27(37-41(39,40)29-16-20(32)15-24-23(29)9-13-28(24)38)12-10-25(33)30(22)18-8-11-26-19(14-18)17-34-31(36-26)35-21-6-4-3-5-7-21;1-5(2,3)7-4-6;;/h3,8,10-12,14-17,21,28,37-38H,2,4-7,9,13H2,1H3,(H,34,35,36);1-3H3;1H3;/q3*-1;+1/t28-;;;/m1.../s1. The number of ether oxygens (including phenoxy) is 1. The zero-order chi connectivity index (χ0) is 34.6. The van der Waals surface area contributed by atoms with Crippen LogP contribution in [0.25, 0.3) is 22.0 Å². The zero-order valence-corrected chi connectivity index (χ0v) is 31.0. The number of aromatic nitrogens is 2. The van der Waals surface area contributed by atoms with Crippen molar-refractivity contribution >= 4 is 50.6 Å². The molecule has 6 rings (SSSR count). The number of hydrogen-bond acceptors (Lipinski definition) is 8. The number of sulfonamides is 1. The second kappa shape index (κ2) is 17.3. The third kappa shape index (κ3) is 9.77. The van der Waals surface area contributed by atoms with Gasteiger partial charge < -0.3 is 33.8 Å². The molecule has 1 aromatic heterocycles. The average molecular weight is 717 g/mol. The maximum atomic E-state index is 15.4. The first kappa shape index (κ1) is 41.2. The summed E-state index contributed by atoms with van der Waals surface area (Å²) in [5, 5.41) is 14.7. The van der Waals surface area contributed by atoms with E-state index in [0.29, 0.717) is 59.1 Å². The van der Waals surface area contributed by atoms with Gasteiger partial charge in [-0.15, -0.1) is 0 Å². The van der Waals surface area contributed by atoms with E-state index in [4.69, 9.17) is 11.6 Å². The molecule has 13 heteroatoms. The van der Waals surface area contributed by atoms with Crippen molar-refractivity contribution in [3.63, 3.8) is 0 Å². The molecule has 1 fully saturated rings. The van der Waals surface area contributed by atoms with Crippen molar-refractivity contribution in [2.45, 2.75) is 95.3 Å². The van der Waals surface area contributed by atoms with Crippen molar-refractivity contribution in [2.24, 2.45) is 0 Å². The van der Waals surface area contributed by atoms with Crippen molar-refractivity contribution in [2.75, 3.05) is 10.0 Å². The number of aliphatic hydroxyl groups excluding tert-OH is 1. The SMILES string of the molecule is CC(C)(C)O[C-]=O.CCc1c(NS(=O)(=O)c2cc(Cl)cc3c2CC[C@H]3O)ccc(F)c1-c1ccc2nc(NC3CC[CH-]CC3)ncc2c1.[CH3-].[Li+]. The summed E-state index contributed by atoms with van der Waals surface area (Å²) in [6.45, 7) is 8.58. The summed E-state index contributed by atoms with van der Waals surface area (Å²) in [6, 6.07) is 11.5. The Bertz CT molecular complexity index is 1920. The summed E-state index contributed by atoms with van der Waals surface area (Å²) in [7, 11) is -4.08. The van der Waals surface area contributed by atoms with Crippen molar-refractivity contribution < 1.29 is 46.3 Å². The van der Waals surface area contributed by atoms with Crippen molar-refractivity contribution in [3.8, 4) is 11.1 Å². The van der Waals surface area contributed by atoms with Gasteiger partial charge in [-0.1, -0.05) is 43.9 Å². The molecule has 4 aromatic rings. The second-order valence-corrected chi connectivity index (χ2v) is 15.1. The van der Waals surface area contributed by atoms with Crippen molar-refractivity contribution in [1.82, 2.24) is 9.97 Å². The number of anilines is 2. The van der Waals surface area contributed by atoms with E-state index in [1.54, 1.807) is 39.1 Å². The molecule has 0 saturated heterocycles. The fourth-order valence-corrected chi connectivity index (χ4v) is 7.81. The topological polar surface area (TPSA) is 131 Å². The Morgan fingerprint density at radius 2 is 1.84 bits per heavy atom. The first-order valence-corrected chi connectivity index (χ1v) is 17.9. The van der Waals surface area contributed by atoms with Crippen LogP contribution in [0.2, 0.25) is 5.02 Å². The van der Waals surface area contributed by atoms with Gasteiger partial charge in [0.15, 0.2) is 0 Å². The fraction of sp³-hybridized carbons (Fsp3) is 0.378. The first-order valence-electron chi connectivity index (χ1n) is 16.0. The van der Waals surface area contributed by atoms with E-state index >= 15 is 4.39 Å². The Morgan fingerprint density at radius 3 is 2.48 bits per heavy atom. The average Bonchev–Trinajstić information content (AvgIpc) is 3.41. The first-order chi connectivity index (χ1) is 22.8. The largest absolute Gasteiger partial charge is 1.00 e. The molecule has 264 valence electrons. The summed E-state index contributed by atoms with van der Waals surface area (Å²) in [4.78, 5) is 18.7. The third-order valence-corrected chi connectivity index (χ3v) is 10.0. The summed E-state index contributed by atoms with van der Waals surface area (Å²) in [5.74, 6) is 0.123. The summed E-state index contributed by atoms with van der Waals surface area (Å²) >= 11 is 6.23. The number of rotatable bonds is 8. The van der Waals surface area contributed by atoms with E-state index in [2.05, 4.69) is 31.2 Å². The molecule has 1 atom stereocenters. The number of nitrogens with one attached hydrogen (secondary N) is 2. The molecule has 2 aliphatic rings. The van der Waals surface area contributed by atoms with Crippen molar-refractivity contribution in [1.29, 1.82) is 0 Å². The predicted octanol–water partition coefficient (Wildman–Crippen LogP) is 5.31. The normalized spacial score (nSPS) is 15.9. The quantitative estimate of drug-likeness (QED) is 0.165. The van der Waals surface area contributed by atoms with E-state index in [0.717, 1.165) is 36.6 Å². The van der Waals surface area contributed by atoms with Crippen LogP contribution in [0.4, 0.5) is 16.0 Å². The van der Waals surface area contributed by atoms with Crippen LogP contribution in [-0.4, -0.2) is 41.6 Å². The van der Waals surface area contributed by atoms with E-state index < -0.39 is 21.9 Å². The van der Waals surface area contributed by atoms with E-state index in [-0.39, 0.29) is 47.5 Å². The molecule has 50 heavy (non-hydrogen) atoms. The summed E-state index contributed by atoms with van der Waals surface area (Å²) in [5.41, 5.74) is 3.19. The van der Waals surface area contributed by atoms with E-state index in [1.165, 1.54) is 24.7 Å². The number of nitrogens with zero attached hydrogens (tertiary/aromatic N) is 2. The molecule has 0 spiro atoms. The monoisotopic (exact) mass is 716 g/mol. The Labute approximate surface area is 312 Å². The minimum absolute atomic E-state index is 0. The molecule has 0 unspecified atom stereocenters. The van der Waals surface area contributed by atoms with Gasteiger partial charge in [0.25, 0.3) is 10.0 Å². The van der Waals surface area contributed by atoms with Gasteiger partial charge in [-0.2, -0.15) is 12.8 Å². The summed E-state index contributed by atoms with van der Waals surface area (Å²) in [6.07, 6.45) is 8.80. The van der Waals surface area contributed by atoms with Gasteiger partial charge in [0.2, 0.25) is 5.95 Å². The Kier molecular flexibility index (Phi) is 14.3. The number of benzene rings is 3. The summed E-state index contributed by atoms with van der Waals surface area (Å²) < 4.78 is 49.7. The van der Waals surface area contributed by atoms with Crippen LogP contribution in [-0.2, 0) is 32.4 Å². The minimum Gasteiger partial charge on any atom is -0.649 e. The Balaban J connectivity index is 0.000000683. The van der Waals surface area contributed by atoms with Crippen LogP contribution < -0.4 is 28.9 Å². The van der Waals surface area contributed by atoms with Crippen LogP contribution in [0.15, 0.2) is 53.6 Å². The molecule has 0 bridgehead atoms. The molecule has 2 aliphatic carbocycles.